The molecule has 3 aromatic rings. The topological polar surface area (TPSA) is 6.48 Å². The van der Waals surface area contributed by atoms with Gasteiger partial charge in [0, 0.05) is 23.6 Å². The number of hydrogen-bond acceptors (Lipinski definition) is 2. The van der Waals surface area contributed by atoms with Crippen molar-refractivity contribution in [2.75, 3.05) is 16.3 Å². The first-order chi connectivity index (χ1) is 14.2. The Hall–Kier alpha value is -3.00. The van der Waals surface area contributed by atoms with Crippen LogP contribution in [0.5, 0.6) is 0 Å². The average molecular weight is 383 g/mol. The van der Waals surface area contributed by atoms with E-state index in [1.807, 2.05) is 0 Å². The molecule has 2 nitrogen and oxygen atoms in total. The molecule has 1 aliphatic rings. The van der Waals surface area contributed by atoms with Crippen molar-refractivity contribution in [3.05, 3.63) is 107 Å². The molecule has 0 spiro atoms. The molecule has 1 unspecified atom stereocenters. The van der Waals surface area contributed by atoms with E-state index in [4.69, 9.17) is 0 Å². The summed E-state index contributed by atoms with van der Waals surface area (Å²) in [6, 6.07) is 30.7. The number of para-hydroxylation sites is 1. The third-order valence-corrected chi connectivity index (χ3v) is 5.86. The zero-order chi connectivity index (χ0) is 20.2. The number of allylic oxidation sites excluding steroid dienone is 1. The molecule has 1 atom stereocenters. The Labute approximate surface area is 175 Å². The summed E-state index contributed by atoms with van der Waals surface area (Å²) in [5, 5.41) is 0. The van der Waals surface area contributed by atoms with Gasteiger partial charge in [-0.2, -0.15) is 0 Å². The van der Waals surface area contributed by atoms with Crippen molar-refractivity contribution in [3.8, 4) is 0 Å². The van der Waals surface area contributed by atoms with Gasteiger partial charge in [0.05, 0.1) is 0 Å². The standard InChI is InChI=1S/C27H30N2/c1-4-22-20-28(24-14-10-7-11-15-24)27(23-12-8-6-9-13-23)29(26(22)5-2)25-18-16-21(3)17-19-25/h6-19,27H,4-5,20H2,1-3H3. The van der Waals surface area contributed by atoms with Crippen molar-refractivity contribution in [1.29, 1.82) is 0 Å². The van der Waals surface area contributed by atoms with Crippen LogP contribution in [0.4, 0.5) is 11.4 Å². The number of hydrogen-bond donors (Lipinski definition) is 0. The summed E-state index contributed by atoms with van der Waals surface area (Å²) in [5.41, 5.74) is 8.10. The molecule has 1 aliphatic heterocycles. The first-order valence-electron chi connectivity index (χ1n) is 10.7. The van der Waals surface area contributed by atoms with Crippen LogP contribution in [0.1, 0.15) is 44.0 Å². The van der Waals surface area contributed by atoms with Gasteiger partial charge in [0.2, 0.25) is 0 Å². The third-order valence-electron chi connectivity index (χ3n) is 5.86. The zero-order valence-electron chi connectivity index (χ0n) is 17.7. The fourth-order valence-electron chi connectivity index (χ4n) is 4.39. The number of rotatable bonds is 5. The lowest BCUT2D eigenvalue weighted by atomic mass is 9.97. The van der Waals surface area contributed by atoms with Crippen LogP contribution in [0, 0.1) is 6.92 Å². The minimum absolute atomic E-state index is 0.131. The molecule has 0 aliphatic carbocycles. The molecule has 4 rings (SSSR count). The second-order valence-electron chi connectivity index (χ2n) is 7.71. The second kappa shape index (κ2) is 8.57. The summed E-state index contributed by atoms with van der Waals surface area (Å²) in [4.78, 5) is 5.11. The summed E-state index contributed by atoms with van der Waals surface area (Å²) < 4.78 is 0. The summed E-state index contributed by atoms with van der Waals surface area (Å²) in [6.07, 6.45) is 2.23. The maximum Gasteiger partial charge on any atom is 0.132 e. The molecule has 0 saturated carbocycles. The zero-order valence-corrected chi connectivity index (χ0v) is 17.7. The van der Waals surface area contributed by atoms with Gasteiger partial charge in [-0.25, -0.2) is 0 Å². The molecular formula is C27H30N2. The minimum Gasteiger partial charge on any atom is -0.343 e. The lowest BCUT2D eigenvalue weighted by Crippen LogP contribution is -2.47. The van der Waals surface area contributed by atoms with Crippen LogP contribution in [0.25, 0.3) is 0 Å². The summed E-state index contributed by atoms with van der Waals surface area (Å²) in [6.45, 7) is 7.68. The first kappa shape index (κ1) is 19.3. The Morgan fingerprint density at radius 2 is 1.34 bits per heavy atom. The van der Waals surface area contributed by atoms with Crippen molar-refractivity contribution in [1.82, 2.24) is 0 Å². The highest BCUT2D eigenvalue weighted by Gasteiger charge is 2.35. The smallest absolute Gasteiger partial charge is 0.132 e. The lowest BCUT2D eigenvalue weighted by molar-refractivity contribution is 0.575. The molecule has 148 valence electrons. The van der Waals surface area contributed by atoms with Crippen LogP contribution in [0.3, 0.4) is 0 Å². The van der Waals surface area contributed by atoms with Crippen LogP contribution in [0.15, 0.2) is 96.2 Å². The van der Waals surface area contributed by atoms with Crippen LogP contribution in [0.2, 0.25) is 0 Å². The van der Waals surface area contributed by atoms with Gasteiger partial charge in [-0.1, -0.05) is 80.1 Å². The Morgan fingerprint density at radius 3 is 1.93 bits per heavy atom. The van der Waals surface area contributed by atoms with Crippen LogP contribution in [-0.2, 0) is 0 Å². The SMILES string of the molecule is CCC1=C(CC)N(c2ccc(C)cc2)C(c2ccccc2)N(c2ccccc2)C1. The van der Waals surface area contributed by atoms with Crippen molar-refractivity contribution in [2.45, 2.75) is 39.8 Å². The average Bonchev–Trinajstić information content (AvgIpc) is 2.79. The first-order valence-corrected chi connectivity index (χ1v) is 10.7. The lowest BCUT2D eigenvalue weighted by Gasteiger charge is -2.48. The quantitative estimate of drug-likeness (QED) is 0.464. The van der Waals surface area contributed by atoms with Gasteiger partial charge in [0.1, 0.15) is 6.17 Å². The van der Waals surface area contributed by atoms with E-state index in [1.54, 1.807) is 0 Å². The second-order valence-corrected chi connectivity index (χ2v) is 7.71. The van der Waals surface area contributed by atoms with Crippen LogP contribution in [-0.4, -0.2) is 6.54 Å². The minimum atomic E-state index is 0.131. The molecule has 2 heteroatoms. The fraction of sp³-hybridized carbons (Fsp3) is 0.259. The van der Waals surface area contributed by atoms with Gasteiger partial charge in [-0.05, 0) is 55.2 Å². The Balaban J connectivity index is 1.94. The summed E-state index contributed by atoms with van der Waals surface area (Å²) >= 11 is 0. The molecule has 0 saturated heterocycles. The maximum atomic E-state index is 2.56. The molecule has 0 N–H and O–H groups in total. The Bertz CT molecular complexity index is 958. The number of nitrogens with zero attached hydrogens (tertiary/aromatic N) is 2. The van der Waals surface area contributed by atoms with E-state index in [0.29, 0.717) is 0 Å². The highest BCUT2D eigenvalue weighted by Crippen LogP contribution is 2.42. The van der Waals surface area contributed by atoms with Crippen LogP contribution >= 0.6 is 0 Å². The molecule has 0 bridgehead atoms. The summed E-state index contributed by atoms with van der Waals surface area (Å²) in [7, 11) is 0. The molecule has 0 aromatic heterocycles. The molecule has 0 amide bonds. The largest absolute Gasteiger partial charge is 0.343 e. The number of benzene rings is 3. The monoisotopic (exact) mass is 382 g/mol. The van der Waals surface area contributed by atoms with Gasteiger partial charge in [0.25, 0.3) is 0 Å². The van der Waals surface area contributed by atoms with Gasteiger partial charge in [-0.15, -0.1) is 0 Å². The van der Waals surface area contributed by atoms with E-state index in [9.17, 15) is 0 Å². The van der Waals surface area contributed by atoms with Crippen molar-refractivity contribution in [2.24, 2.45) is 0 Å². The Kier molecular flexibility index (Phi) is 5.71. The summed E-state index contributed by atoms with van der Waals surface area (Å²) in [5.74, 6) is 0. The van der Waals surface area contributed by atoms with E-state index in [-0.39, 0.29) is 6.17 Å². The predicted octanol–water partition coefficient (Wildman–Crippen LogP) is 7.09. The van der Waals surface area contributed by atoms with Crippen molar-refractivity contribution < 1.29 is 0 Å². The number of anilines is 2. The van der Waals surface area contributed by atoms with E-state index < -0.39 is 0 Å². The molecular weight excluding hydrogens is 352 g/mol. The fourth-order valence-corrected chi connectivity index (χ4v) is 4.39. The van der Waals surface area contributed by atoms with Gasteiger partial charge < -0.3 is 9.80 Å². The Morgan fingerprint density at radius 1 is 0.724 bits per heavy atom. The van der Waals surface area contributed by atoms with Gasteiger partial charge in [-0.3, -0.25) is 0 Å². The maximum absolute atomic E-state index is 2.56. The van der Waals surface area contributed by atoms with E-state index in [0.717, 1.165) is 19.4 Å². The highest BCUT2D eigenvalue weighted by atomic mass is 15.4. The molecule has 0 fully saturated rings. The van der Waals surface area contributed by atoms with E-state index in [2.05, 4.69) is 116 Å². The molecule has 3 aromatic carbocycles. The molecule has 1 heterocycles. The van der Waals surface area contributed by atoms with Crippen molar-refractivity contribution in [3.63, 3.8) is 0 Å². The van der Waals surface area contributed by atoms with Crippen molar-refractivity contribution >= 4 is 11.4 Å². The predicted molar refractivity (Wildman–Crippen MR) is 124 cm³/mol. The van der Waals surface area contributed by atoms with Crippen LogP contribution < -0.4 is 9.80 Å². The normalized spacial score (nSPS) is 17.0. The molecule has 0 radical (unpaired) electrons. The van der Waals surface area contributed by atoms with Gasteiger partial charge >= 0.3 is 0 Å². The van der Waals surface area contributed by atoms with E-state index in [1.165, 1.54) is 33.8 Å². The molecule has 29 heavy (non-hydrogen) atoms. The third kappa shape index (κ3) is 3.80. The van der Waals surface area contributed by atoms with Gasteiger partial charge in [0.15, 0.2) is 0 Å². The van der Waals surface area contributed by atoms with E-state index >= 15 is 0 Å². The highest BCUT2D eigenvalue weighted by molar-refractivity contribution is 5.63. The number of aryl methyl sites for hydroxylation is 1.